The molecule has 0 radical (unpaired) electrons. The summed E-state index contributed by atoms with van der Waals surface area (Å²) in [6.07, 6.45) is 6.12. The van der Waals surface area contributed by atoms with Gasteiger partial charge >= 0.3 is 5.97 Å². The molecule has 0 N–H and O–H groups in total. The zero-order valence-corrected chi connectivity index (χ0v) is 16.9. The second-order valence-corrected chi connectivity index (χ2v) is 8.16. The monoisotopic (exact) mass is 393 g/mol. The van der Waals surface area contributed by atoms with Gasteiger partial charge in [0.2, 0.25) is 0 Å². The second-order valence-electron chi connectivity index (χ2n) is 7.04. The van der Waals surface area contributed by atoms with Crippen molar-refractivity contribution in [3.8, 4) is 16.9 Å². The standard InChI is InChI=1S/C23H23NO3S/c1-15-19(9-12-28-15)17-5-6-20-16(8-11-27-22(20)13-17)3-4-18-14-24-10-7-21(18)23(25)26-2/h5-7,9-10,12-14,16H,3-4,8,11H2,1-2H3/t16-/m0/s1. The fourth-order valence-electron chi connectivity index (χ4n) is 3.88. The second kappa shape index (κ2) is 8.15. The van der Waals surface area contributed by atoms with Crippen molar-refractivity contribution in [1.82, 2.24) is 4.98 Å². The van der Waals surface area contributed by atoms with E-state index in [1.54, 1.807) is 29.8 Å². The highest BCUT2D eigenvalue weighted by Crippen LogP contribution is 2.40. The highest BCUT2D eigenvalue weighted by atomic mass is 32.1. The third-order valence-electron chi connectivity index (χ3n) is 5.42. The van der Waals surface area contributed by atoms with Gasteiger partial charge in [0.05, 0.1) is 19.3 Å². The van der Waals surface area contributed by atoms with Crippen LogP contribution in [0.25, 0.3) is 11.1 Å². The lowest BCUT2D eigenvalue weighted by atomic mass is 9.86. The average Bonchev–Trinajstić information content (AvgIpc) is 3.17. The Bertz CT molecular complexity index is 995. The third kappa shape index (κ3) is 3.67. The maximum absolute atomic E-state index is 12.0. The van der Waals surface area contributed by atoms with Gasteiger partial charge in [0.1, 0.15) is 5.75 Å². The summed E-state index contributed by atoms with van der Waals surface area (Å²) in [6.45, 7) is 2.87. The third-order valence-corrected chi connectivity index (χ3v) is 6.26. The van der Waals surface area contributed by atoms with E-state index >= 15 is 0 Å². The molecule has 0 amide bonds. The first-order chi connectivity index (χ1) is 13.7. The summed E-state index contributed by atoms with van der Waals surface area (Å²) in [7, 11) is 1.41. The number of benzene rings is 1. The van der Waals surface area contributed by atoms with E-state index in [4.69, 9.17) is 9.47 Å². The fourth-order valence-corrected chi connectivity index (χ4v) is 4.60. The van der Waals surface area contributed by atoms with Gasteiger partial charge in [-0.3, -0.25) is 4.98 Å². The molecule has 0 spiro atoms. The molecule has 3 heterocycles. The van der Waals surface area contributed by atoms with E-state index in [-0.39, 0.29) is 5.97 Å². The number of pyridine rings is 1. The molecule has 0 unspecified atom stereocenters. The van der Waals surface area contributed by atoms with Crippen molar-refractivity contribution < 1.29 is 14.3 Å². The minimum Gasteiger partial charge on any atom is -0.493 e. The van der Waals surface area contributed by atoms with E-state index < -0.39 is 0 Å². The van der Waals surface area contributed by atoms with E-state index in [1.807, 2.05) is 0 Å². The summed E-state index contributed by atoms with van der Waals surface area (Å²) >= 11 is 1.76. The molecule has 3 aromatic rings. The number of nitrogens with zero attached hydrogens (tertiary/aromatic N) is 1. The smallest absolute Gasteiger partial charge is 0.338 e. The zero-order chi connectivity index (χ0) is 19.5. The number of esters is 1. The Morgan fingerprint density at radius 3 is 3.00 bits per heavy atom. The highest BCUT2D eigenvalue weighted by molar-refractivity contribution is 7.10. The van der Waals surface area contributed by atoms with Gasteiger partial charge in [-0.05, 0) is 77.9 Å². The SMILES string of the molecule is COC(=O)c1ccncc1CC[C@H]1CCOc2cc(-c3ccsc3C)ccc21. The van der Waals surface area contributed by atoms with Crippen molar-refractivity contribution in [3.63, 3.8) is 0 Å². The van der Waals surface area contributed by atoms with Crippen LogP contribution in [0.15, 0.2) is 48.1 Å². The highest BCUT2D eigenvalue weighted by Gasteiger charge is 2.23. The maximum Gasteiger partial charge on any atom is 0.338 e. The van der Waals surface area contributed by atoms with Crippen LogP contribution in [0.5, 0.6) is 5.75 Å². The number of carbonyl (C=O) groups is 1. The lowest BCUT2D eigenvalue weighted by Crippen LogP contribution is -2.15. The number of aromatic nitrogens is 1. The summed E-state index contributed by atoms with van der Waals surface area (Å²) < 4.78 is 10.9. The van der Waals surface area contributed by atoms with Crippen molar-refractivity contribution in [2.24, 2.45) is 0 Å². The van der Waals surface area contributed by atoms with Gasteiger partial charge < -0.3 is 9.47 Å². The predicted octanol–water partition coefficient (Wildman–Crippen LogP) is 5.40. The number of carbonyl (C=O) groups excluding carboxylic acids is 1. The van der Waals surface area contributed by atoms with Crippen molar-refractivity contribution in [1.29, 1.82) is 0 Å². The molecular formula is C23H23NO3S. The van der Waals surface area contributed by atoms with Crippen LogP contribution in [0, 0.1) is 6.92 Å². The van der Waals surface area contributed by atoms with Crippen molar-refractivity contribution in [2.75, 3.05) is 13.7 Å². The largest absolute Gasteiger partial charge is 0.493 e. The van der Waals surface area contributed by atoms with Gasteiger partial charge in [0.25, 0.3) is 0 Å². The molecule has 144 valence electrons. The van der Waals surface area contributed by atoms with Gasteiger partial charge in [0, 0.05) is 17.3 Å². The molecule has 2 aromatic heterocycles. The Labute approximate surface area is 169 Å². The number of hydrogen-bond donors (Lipinski definition) is 0. The molecule has 0 fully saturated rings. The summed E-state index contributed by atoms with van der Waals surface area (Å²) in [5.41, 5.74) is 5.28. The Morgan fingerprint density at radius 1 is 1.32 bits per heavy atom. The van der Waals surface area contributed by atoms with E-state index in [1.165, 1.54) is 28.7 Å². The van der Waals surface area contributed by atoms with Crippen LogP contribution in [0.3, 0.4) is 0 Å². The first-order valence-electron chi connectivity index (χ1n) is 9.49. The maximum atomic E-state index is 12.0. The Morgan fingerprint density at radius 2 is 2.21 bits per heavy atom. The molecule has 4 rings (SSSR count). The zero-order valence-electron chi connectivity index (χ0n) is 16.1. The van der Waals surface area contributed by atoms with E-state index in [0.29, 0.717) is 11.5 Å². The van der Waals surface area contributed by atoms with Crippen LogP contribution in [0.4, 0.5) is 0 Å². The summed E-state index contributed by atoms with van der Waals surface area (Å²) in [5.74, 6) is 1.09. The minimum atomic E-state index is -0.305. The van der Waals surface area contributed by atoms with E-state index in [0.717, 1.165) is 37.2 Å². The molecule has 5 heteroatoms. The number of thiophene rings is 1. The van der Waals surface area contributed by atoms with Crippen LogP contribution < -0.4 is 4.74 Å². The quantitative estimate of drug-likeness (QED) is 0.544. The molecule has 4 nitrogen and oxygen atoms in total. The first-order valence-corrected chi connectivity index (χ1v) is 10.4. The van der Waals surface area contributed by atoms with Crippen molar-refractivity contribution in [2.45, 2.75) is 32.1 Å². The van der Waals surface area contributed by atoms with Gasteiger partial charge in [-0.25, -0.2) is 4.79 Å². The van der Waals surface area contributed by atoms with Gasteiger partial charge in [0.15, 0.2) is 0 Å². The van der Waals surface area contributed by atoms with Crippen LogP contribution in [-0.4, -0.2) is 24.7 Å². The molecular weight excluding hydrogens is 370 g/mol. The molecule has 1 aliphatic heterocycles. The van der Waals surface area contributed by atoms with Gasteiger partial charge in [-0.15, -0.1) is 11.3 Å². The topological polar surface area (TPSA) is 48.4 Å². The number of fused-ring (bicyclic) bond motifs is 1. The van der Waals surface area contributed by atoms with E-state index in [9.17, 15) is 4.79 Å². The number of aryl methyl sites for hydroxylation is 2. The van der Waals surface area contributed by atoms with Gasteiger partial charge in [-0.1, -0.05) is 12.1 Å². The number of ether oxygens (including phenoxy) is 2. The summed E-state index contributed by atoms with van der Waals surface area (Å²) in [6, 6.07) is 10.5. The normalized spacial score (nSPS) is 15.6. The van der Waals surface area contributed by atoms with Crippen molar-refractivity contribution in [3.05, 3.63) is 69.7 Å². The summed E-state index contributed by atoms with van der Waals surface area (Å²) in [4.78, 5) is 17.5. The Hall–Kier alpha value is -2.66. The molecule has 1 atom stereocenters. The molecule has 0 saturated carbocycles. The van der Waals surface area contributed by atoms with Crippen LogP contribution in [0.2, 0.25) is 0 Å². The minimum absolute atomic E-state index is 0.305. The molecule has 28 heavy (non-hydrogen) atoms. The van der Waals surface area contributed by atoms with Crippen LogP contribution >= 0.6 is 11.3 Å². The number of methoxy groups -OCH3 is 1. The fraction of sp³-hybridized carbons (Fsp3) is 0.304. The average molecular weight is 394 g/mol. The van der Waals surface area contributed by atoms with Crippen LogP contribution in [0.1, 0.15) is 45.1 Å². The summed E-state index contributed by atoms with van der Waals surface area (Å²) in [5, 5.41) is 2.13. The Kier molecular flexibility index (Phi) is 5.44. The van der Waals surface area contributed by atoms with Crippen LogP contribution in [-0.2, 0) is 11.2 Å². The first kappa shape index (κ1) is 18.7. The predicted molar refractivity (Wildman–Crippen MR) is 111 cm³/mol. The molecule has 1 aromatic carbocycles. The molecule has 0 saturated heterocycles. The lowest BCUT2D eigenvalue weighted by molar-refractivity contribution is 0.0599. The van der Waals surface area contributed by atoms with Crippen molar-refractivity contribution >= 4 is 17.3 Å². The molecule has 0 bridgehead atoms. The number of rotatable bonds is 5. The molecule has 0 aliphatic carbocycles. The number of hydrogen-bond acceptors (Lipinski definition) is 5. The lowest BCUT2D eigenvalue weighted by Gasteiger charge is -2.26. The van der Waals surface area contributed by atoms with E-state index in [2.05, 4.69) is 41.6 Å². The van der Waals surface area contributed by atoms with Gasteiger partial charge in [-0.2, -0.15) is 0 Å². The Balaban J connectivity index is 1.55. The molecule has 1 aliphatic rings.